The SMILES string of the molecule is O=C([O-])[C@@H]1CSc2c(-c3cccc(C(F)(F)F)c3)c(CN3CCOCC3)cc(=O)n21.[Li+]. The number of carboxylic acid groups (broad SMARTS) is 1. The van der Waals surface area contributed by atoms with E-state index in [1.54, 1.807) is 6.07 Å². The van der Waals surface area contributed by atoms with Gasteiger partial charge in [-0.25, -0.2) is 0 Å². The molecule has 3 heterocycles. The van der Waals surface area contributed by atoms with Crippen molar-refractivity contribution in [2.75, 3.05) is 32.1 Å². The Morgan fingerprint density at radius 1 is 1.23 bits per heavy atom. The molecule has 11 heteroatoms. The first-order chi connectivity index (χ1) is 14.3. The van der Waals surface area contributed by atoms with Crippen LogP contribution in [0.15, 0.2) is 40.2 Å². The van der Waals surface area contributed by atoms with Gasteiger partial charge >= 0.3 is 25.0 Å². The van der Waals surface area contributed by atoms with Crippen LogP contribution in [0.4, 0.5) is 13.2 Å². The number of alkyl halides is 3. The van der Waals surface area contributed by atoms with Crippen molar-refractivity contribution in [3.8, 4) is 11.1 Å². The summed E-state index contributed by atoms with van der Waals surface area (Å²) in [5, 5.41) is 11.9. The van der Waals surface area contributed by atoms with Crippen LogP contribution in [0.5, 0.6) is 0 Å². The maximum absolute atomic E-state index is 13.3. The Balaban J connectivity index is 0.00000272. The van der Waals surface area contributed by atoms with Gasteiger partial charge in [0.05, 0.1) is 35.8 Å². The maximum Gasteiger partial charge on any atom is 1.00 e. The number of halogens is 3. The van der Waals surface area contributed by atoms with E-state index in [-0.39, 0.29) is 24.6 Å². The van der Waals surface area contributed by atoms with E-state index in [1.807, 2.05) is 0 Å². The number of ether oxygens (including phenoxy) is 1. The molecule has 31 heavy (non-hydrogen) atoms. The summed E-state index contributed by atoms with van der Waals surface area (Å²) in [5.74, 6) is -1.30. The van der Waals surface area contributed by atoms with Gasteiger partial charge in [0.15, 0.2) is 0 Å². The van der Waals surface area contributed by atoms with Crippen LogP contribution in [0.25, 0.3) is 11.1 Å². The number of hydrogen-bond acceptors (Lipinski definition) is 6. The molecule has 0 N–H and O–H groups in total. The van der Waals surface area contributed by atoms with Gasteiger partial charge in [-0.3, -0.25) is 14.3 Å². The molecule has 0 bridgehead atoms. The van der Waals surface area contributed by atoms with Crippen molar-refractivity contribution in [3.63, 3.8) is 0 Å². The number of carboxylic acids is 1. The molecule has 0 saturated carbocycles. The van der Waals surface area contributed by atoms with Crippen molar-refractivity contribution in [3.05, 3.63) is 51.8 Å². The Morgan fingerprint density at radius 3 is 2.58 bits per heavy atom. The van der Waals surface area contributed by atoms with Gasteiger partial charge in [-0.2, -0.15) is 13.2 Å². The average molecular weight is 446 g/mol. The van der Waals surface area contributed by atoms with Crippen LogP contribution in [0.2, 0.25) is 0 Å². The fourth-order valence-electron chi connectivity index (χ4n) is 3.78. The first kappa shape index (κ1) is 24.0. The second-order valence-corrected chi connectivity index (χ2v) is 8.18. The number of aliphatic carboxylic acids is 1. The van der Waals surface area contributed by atoms with Crippen molar-refractivity contribution < 1.29 is 46.7 Å². The molecule has 0 spiro atoms. The molecule has 1 fully saturated rings. The zero-order valence-electron chi connectivity index (χ0n) is 16.8. The average Bonchev–Trinajstić information content (AvgIpc) is 3.14. The minimum Gasteiger partial charge on any atom is -0.548 e. The van der Waals surface area contributed by atoms with Crippen molar-refractivity contribution in [1.29, 1.82) is 0 Å². The molecule has 1 aromatic heterocycles. The smallest absolute Gasteiger partial charge is 0.548 e. The molecule has 1 atom stereocenters. The van der Waals surface area contributed by atoms with Gasteiger partial charge in [-0.15, -0.1) is 11.8 Å². The first-order valence-corrected chi connectivity index (χ1v) is 10.3. The van der Waals surface area contributed by atoms with Crippen LogP contribution in [0, 0.1) is 0 Å². The summed E-state index contributed by atoms with van der Waals surface area (Å²) in [6.45, 7) is 2.69. The number of carbonyl (C=O) groups is 1. The molecule has 160 valence electrons. The fourth-order valence-corrected chi connectivity index (χ4v) is 5.13. The van der Waals surface area contributed by atoms with E-state index in [4.69, 9.17) is 4.74 Å². The van der Waals surface area contributed by atoms with Crippen molar-refractivity contribution >= 4 is 17.7 Å². The molecule has 2 aliphatic rings. The van der Waals surface area contributed by atoms with Crippen molar-refractivity contribution in [2.45, 2.75) is 23.8 Å². The standard InChI is InChI=1S/C20H19F3N2O4S.Li/c21-20(22,23)14-3-1-2-12(8-14)17-13(10-24-4-6-29-7-5-24)9-16(26)25-15(19(27)28)11-30-18(17)25;/h1-3,8-9,15H,4-7,10-11H2,(H,27,28);/q;+1/p-1/t15-;/m0./s1. The van der Waals surface area contributed by atoms with E-state index >= 15 is 0 Å². The molecule has 2 aromatic rings. The van der Waals surface area contributed by atoms with Gasteiger partial charge in [0.25, 0.3) is 5.56 Å². The summed E-state index contributed by atoms with van der Waals surface area (Å²) in [6.07, 6.45) is -4.52. The zero-order chi connectivity index (χ0) is 21.5. The number of fused-ring (bicyclic) bond motifs is 1. The molecule has 4 rings (SSSR count). The Labute approximate surface area is 192 Å². The third-order valence-electron chi connectivity index (χ3n) is 5.23. The van der Waals surface area contributed by atoms with E-state index in [9.17, 15) is 27.9 Å². The Morgan fingerprint density at radius 2 is 1.94 bits per heavy atom. The van der Waals surface area contributed by atoms with Gasteiger partial charge in [0.2, 0.25) is 0 Å². The van der Waals surface area contributed by atoms with E-state index in [2.05, 4.69) is 4.90 Å². The Kier molecular flexibility index (Phi) is 7.28. The van der Waals surface area contributed by atoms with Gasteiger partial charge < -0.3 is 14.6 Å². The topological polar surface area (TPSA) is 74.6 Å². The number of hydrogen-bond donors (Lipinski definition) is 0. The molecule has 6 nitrogen and oxygen atoms in total. The van der Waals surface area contributed by atoms with E-state index in [0.29, 0.717) is 54.6 Å². The monoisotopic (exact) mass is 446 g/mol. The zero-order valence-corrected chi connectivity index (χ0v) is 17.6. The minimum atomic E-state index is -4.52. The number of benzene rings is 1. The molecule has 0 unspecified atom stereocenters. The predicted molar refractivity (Wildman–Crippen MR) is 102 cm³/mol. The quantitative estimate of drug-likeness (QED) is 0.548. The third kappa shape index (κ3) is 4.88. The number of carbonyl (C=O) groups excluding carboxylic acids is 1. The van der Waals surface area contributed by atoms with Crippen molar-refractivity contribution in [1.82, 2.24) is 9.47 Å². The van der Waals surface area contributed by atoms with Crippen LogP contribution in [-0.4, -0.2) is 47.5 Å². The summed E-state index contributed by atoms with van der Waals surface area (Å²) < 4.78 is 46.3. The second-order valence-electron chi connectivity index (χ2n) is 7.17. The van der Waals surface area contributed by atoms with E-state index < -0.39 is 29.3 Å². The molecule has 1 aromatic carbocycles. The van der Waals surface area contributed by atoms with Gasteiger partial charge in [0, 0.05) is 37.0 Å². The Hall–Kier alpha value is -1.70. The summed E-state index contributed by atoms with van der Waals surface area (Å²) in [4.78, 5) is 26.3. The normalized spacial score (nSPS) is 19.0. The predicted octanol–water partition coefficient (Wildman–Crippen LogP) is -1.23. The second kappa shape index (κ2) is 9.43. The maximum atomic E-state index is 13.3. The van der Waals surface area contributed by atoms with Crippen LogP contribution < -0.4 is 29.5 Å². The number of nitrogens with zero attached hydrogens (tertiary/aromatic N) is 2. The summed E-state index contributed by atoms with van der Waals surface area (Å²) in [5.41, 5.74) is 0.0214. The summed E-state index contributed by atoms with van der Waals surface area (Å²) >= 11 is 1.15. The Bertz CT molecular complexity index is 1040. The summed E-state index contributed by atoms with van der Waals surface area (Å²) in [6, 6.07) is 5.06. The van der Waals surface area contributed by atoms with Crippen LogP contribution in [0.1, 0.15) is 17.2 Å². The molecule has 0 amide bonds. The molecular weight excluding hydrogens is 428 g/mol. The fraction of sp³-hybridized carbons (Fsp3) is 0.400. The number of aromatic nitrogens is 1. The van der Waals surface area contributed by atoms with Gasteiger partial charge in [-0.1, -0.05) is 12.1 Å². The van der Waals surface area contributed by atoms with Crippen LogP contribution in [0.3, 0.4) is 0 Å². The van der Waals surface area contributed by atoms with Gasteiger partial charge in [-0.05, 0) is 23.3 Å². The largest absolute Gasteiger partial charge is 1.00 e. The molecule has 1 saturated heterocycles. The van der Waals surface area contributed by atoms with E-state index in [1.165, 1.54) is 12.1 Å². The molecule has 2 aliphatic heterocycles. The number of pyridine rings is 1. The van der Waals surface area contributed by atoms with Crippen molar-refractivity contribution in [2.24, 2.45) is 0 Å². The van der Waals surface area contributed by atoms with E-state index in [0.717, 1.165) is 28.5 Å². The van der Waals surface area contributed by atoms with Gasteiger partial charge in [0.1, 0.15) is 0 Å². The third-order valence-corrected chi connectivity index (χ3v) is 6.38. The minimum absolute atomic E-state index is 0. The number of rotatable bonds is 4. The van der Waals surface area contributed by atoms with Crippen LogP contribution in [-0.2, 0) is 22.3 Å². The summed E-state index contributed by atoms with van der Waals surface area (Å²) in [7, 11) is 0. The molecular formula is C20H18F3LiN2O4S. The first-order valence-electron chi connectivity index (χ1n) is 9.35. The van der Waals surface area contributed by atoms with Crippen LogP contribution >= 0.6 is 11.8 Å². The molecule has 0 aliphatic carbocycles. The molecule has 0 radical (unpaired) electrons. The number of thioether (sulfide) groups is 1. The number of morpholine rings is 1.